The van der Waals surface area contributed by atoms with Gasteiger partial charge in [-0.05, 0) is 66.8 Å². The summed E-state index contributed by atoms with van der Waals surface area (Å²) in [6.07, 6.45) is 0.760. The van der Waals surface area contributed by atoms with Crippen molar-refractivity contribution in [2.75, 3.05) is 19.1 Å². The van der Waals surface area contributed by atoms with Crippen molar-refractivity contribution in [1.29, 1.82) is 0 Å². The van der Waals surface area contributed by atoms with E-state index in [0.29, 0.717) is 29.2 Å². The van der Waals surface area contributed by atoms with Gasteiger partial charge in [-0.25, -0.2) is 0 Å². The quantitative estimate of drug-likeness (QED) is 0.306. The zero-order valence-corrected chi connectivity index (χ0v) is 20.6. The Morgan fingerprint density at radius 2 is 1.86 bits per heavy atom. The molecule has 3 heterocycles. The normalized spacial score (nSPS) is 20.6. The number of aryl methyl sites for hydroxylation is 1. The number of hydrogen-bond acceptors (Lipinski definition) is 7. The van der Waals surface area contributed by atoms with Gasteiger partial charge in [0.15, 0.2) is 11.5 Å². The average Bonchev–Trinajstić information content (AvgIpc) is 3.52. The van der Waals surface area contributed by atoms with Crippen molar-refractivity contribution in [2.45, 2.75) is 32.4 Å². The third kappa shape index (κ3) is 3.74. The number of anilines is 1. The summed E-state index contributed by atoms with van der Waals surface area (Å²) in [5.74, 6) is 0.0550. The van der Waals surface area contributed by atoms with Crippen LogP contribution in [-0.4, -0.2) is 37.1 Å². The van der Waals surface area contributed by atoms with Crippen LogP contribution in [0, 0.1) is 6.92 Å². The first-order valence-electron chi connectivity index (χ1n) is 11.2. The summed E-state index contributed by atoms with van der Waals surface area (Å²) in [6, 6.07) is 11.5. The van der Waals surface area contributed by atoms with Gasteiger partial charge < -0.3 is 19.3 Å². The predicted octanol–water partition coefficient (Wildman–Crippen LogP) is 5.02. The number of methoxy groups -OCH3 is 2. The molecule has 8 heteroatoms. The molecule has 180 valence electrons. The van der Waals surface area contributed by atoms with Gasteiger partial charge in [0.05, 0.1) is 19.8 Å². The van der Waals surface area contributed by atoms with E-state index in [2.05, 4.69) is 0 Å². The lowest BCUT2D eigenvalue weighted by Crippen LogP contribution is -2.29. The van der Waals surface area contributed by atoms with Crippen LogP contribution >= 0.6 is 11.3 Å². The fraction of sp³-hybridized carbons (Fsp3) is 0.259. The van der Waals surface area contributed by atoms with Crippen molar-refractivity contribution in [3.05, 3.63) is 75.0 Å². The number of ketones is 1. The van der Waals surface area contributed by atoms with Crippen LogP contribution in [0.1, 0.15) is 34.5 Å². The van der Waals surface area contributed by atoms with Gasteiger partial charge in [-0.1, -0.05) is 0 Å². The van der Waals surface area contributed by atoms with E-state index in [1.165, 1.54) is 30.5 Å². The molecule has 0 aliphatic carbocycles. The lowest BCUT2D eigenvalue weighted by molar-refractivity contribution is -0.132. The number of carbonyl (C=O) groups is 2. The summed E-state index contributed by atoms with van der Waals surface area (Å²) < 4.78 is 16.5. The van der Waals surface area contributed by atoms with Crippen LogP contribution in [0.5, 0.6) is 17.2 Å². The lowest BCUT2D eigenvalue weighted by atomic mass is 9.97. The van der Waals surface area contributed by atoms with Gasteiger partial charge >= 0.3 is 0 Å². The summed E-state index contributed by atoms with van der Waals surface area (Å²) in [5, 5.41) is 13.3. The maximum atomic E-state index is 13.4. The number of aliphatic hydroxyl groups excluding tert-OH is 1. The van der Waals surface area contributed by atoms with Gasteiger partial charge in [-0.2, -0.15) is 0 Å². The second kappa shape index (κ2) is 8.78. The van der Waals surface area contributed by atoms with Crippen molar-refractivity contribution in [1.82, 2.24) is 0 Å². The van der Waals surface area contributed by atoms with Crippen LogP contribution in [-0.2, 0) is 16.0 Å². The summed E-state index contributed by atoms with van der Waals surface area (Å²) >= 11 is 1.44. The van der Waals surface area contributed by atoms with Crippen LogP contribution < -0.4 is 19.1 Å². The second-order valence-electron chi connectivity index (χ2n) is 8.63. The standard InChI is InChI=1S/C27H25NO6S/c1-14-9-10-35-26(14)23-22(24(29)16-5-7-19-17(12-16)11-15(2)34-19)25(30)27(31)28(23)18-6-8-20(32-3)21(13-18)33-4/h5-10,12-13,15,23,29H,11H2,1-4H3/b24-22-. The molecule has 0 spiro atoms. The second-order valence-corrected chi connectivity index (χ2v) is 9.58. The Hall–Kier alpha value is -3.78. The number of Topliss-reactive ketones (excluding diaryl/α,β-unsaturated/α-hetero) is 1. The molecule has 2 unspecified atom stereocenters. The maximum Gasteiger partial charge on any atom is 0.300 e. The molecule has 35 heavy (non-hydrogen) atoms. The largest absolute Gasteiger partial charge is 0.507 e. The van der Waals surface area contributed by atoms with Crippen molar-refractivity contribution in [3.63, 3.8) is 0 Å². The van der Waals surface area contributed by atoms with E-state index in [0.717, 1.165) is 21.8 Å². The number of amides is 1. The van der Waals surface area contributed by atoms with E-state index >= 15 is 0 Å². The first kappa shape index (κ1) is 23.0. The fourth-order valence-electron chi connectivity index (χ4n) is 4.71. The minimum absolute atomic E-state index is 0.0480. The molecule has 1 fully saturated rings. The molecule has 0 saturated carbocycles. The van der Waals surface area contributed by atoms with Gasteiger partial charge in [0, 0.05) is 28.6 Å². The molecule has 0 radical (unpaired) electrons. The summed E-state index contributed by atoms with van der Waals surface area (Å²) in [4.78, 5) is 29.0. The number of nitrogens with zero attached hydrogens (tertiary/aromatic N) is 1. The van der Waals surface area contributed by atoms with Gasteiger partial charge in [0.25, 0.3) is 11.7 Å². The van der Waals surface area contributed by atoms with Crippen molar-refractivity contribution in [3.8, 4) is 17.2 Å². The Bertz CT molecular complexity index is 1370. The molecule has 1 aromatic heterocycles. The predicted molar refractivity (Wildman–Crippen MR) is 134 cm³/mol. The van der Waals surface area contributed by atoms with Crippen molar-refractivity contribution < 1.29 is 28.9 Å². The lowest BCUT2D eigenvalue weighted by Gasteiger charge is -2.25. The number of benzene rings is 2. The first-order chi connectivity index (χ1) is 16.8. The fourth-order valence-corrected chi connectivity index (χ4v) is 5.74. The smallest absolute Gasteiger partial charge is 0.300 e. The van der Waals surface area contributed by atoms with E-state index in [-0.39, 0.29) is 17.4 Å². The zero-order chi connectivity index (χ0) is 24.9. The summed E-state index contributed by atoms with van der Waals surface area (Å²) in [7, 11) is 3.04. The Kier molecular flexibility index (Phi) is 5.76. The molecule has 7 nitrogen and oxygen atoms in total. The molecule has 5 rings (SSSR count). The van der Waals surface area contributed by atoms with Gasteiger partial charge in [0.2, 0.25) is 0 Å². The van der Waals surface area contributed by atoms with Crippen LogP contribution in [0.15, 0.2) is 53.4 Å². The number of ether oxygens (including phenoxy) is 3. The van der Waals surface area contributed by atoms with Crippen LogP contribution in [0.3, 0.4) is 0 Å². The minimum atomic E-state index is -0.781. The molecular formula is C27H25NO6S. The minimum Gasteiger partial charge on any atom is -0.507 e. The molecular weight excluding hydrogens is 466 g/mol. The Balaban J connectivity index is 1.68. The number of fused-ring (bicyclic) bond motifs is 1. The van der Waals surface area contributed by atoms with E-state index in [1.54, 1.807) is 30.3 Å². The highest BCUT2D eigenvalue weighted by atomic mass is 32.1. The number of carbonyl (C=O) groups excluding carboxylic acids is 2. The highest BCUT2D eigenvalue weighted by Gasteiger charge is 2.48. The zero-order valence-electron chi connectivity index (χ0n) is 19.8. The third-order valence-corrected chi connectivity index (χ3v) is 7.48. The number of thiophene rings is 1. The molecule has 2 atom stereocenters. The van der Waals surface area contributed by atoms with E-state index in [9.17, 15) is 14.7 Å². The van der Waals surface area contributed by atoms with Crippen LogP contribution in [0.25, 0.3) is 5.76 Å². The molecule has 2 aliphatic heterocycles. The molecule has 2 aliphatic rings. The molecule has 1 saturated heterocycles. The summed E-state index contributed by atoms with van der Waals surface area (Å²) in [5.41, 5.74) is 2.89. The van der Waals surface area contributed by atoms with Gasteiger partial charge in [-0.3, -0.25) is 14.5 Å². The van der Waals surface area contributed by atoms with Gasteiger partial charge in [-0.15, -0.1) is 11.3 Å². The Labute approximate surface area is 207 Å². The van der Waals surface area contributed by atoms with E-state index < -0.39 is 17.7 Å². The molecule has 3 aromatic rings. The monoisotopic (exact) mass is 491 g/mol. The van der Waals surface area contributed by atoms with Gasteiger partial charge in [0.1, 0.15) is 23.7 Å². The molecule has 1 amide bonds. The first-order valence-corrected chi connectivity index (χ1v) is 12.1. The van der Waals surface area contributed by atoms with E-state index in [1.807, 2.05) is 31.4 Å². The van der Waals surface area contributed by atoms with Crippen molar-refractivity contribution in [2.24, 2.45) is 0 Å². The maximum absolute atomic E-state index is 13.4. The highest BCUT2D eigenvalue weighted by molar-refractivity contribution is 7.10. The topological polar surface area (TPSA) is 85.3 Å². The third-order valence-electron chi connectivity index (χ3n) is 6.41. The Morgan fingerprint density at radius 1 is 1.09 bits per heavy atom. The van der Waals surface area contributed by atoms with E-state index in [4.69, 9.17) is 14.2 Å². The Morgan fingerprint density at radius 3 is 2.54 bits per heavy atom. The SMILES string of the molecule is COc1ccc(N2C(=O)C(=O)/C(=C(\O)c3ccc4c(c3)CC(C)O4)C2c2sccc2C)cc1OC. The number of aliphatic hydroxyl groups is 1. The highest BCUT2D eigenvalue weighted by Crippen LogP contribution is 2.46. The molecule has 2 aromatic carbocycles. The van der Waals surface area contributed by atoms with Crippen LogP contribution in [0.4, 0.5) is 5.69 Å². The van der Waals surface area contributed by atoms with Crippen LogP contribution in [0.2, 0.25) is 0 Å². The number of hydrogen-bond donors (Lipinski definition) is 1. The summed E-state index contributed by atoms with van der Waals surface area (Å²) in [6.45, 7) is 3.91. The molecule has 0 bridgehead atoms. The number of rotatable bonds is 5. The molecule has 1 N–H and O–H groups in total. The van der Waals surface area contributed by atoms with Crippen molar-refractivity contribution >= 4 is 34.5 Å². The average molecular weight is 492 g/mol.